The molecule has 0 amide bonds. The molecule has 3 heterocycles. The molecule has 1 aliphatic rings. The fourth-order valence-electron chi connectivity index (χ4n) is 4.11. The first kappa shape index (κ1) is 18.6. The fraction of sp³-hybridized carbons (Fsp3) is 0.350. The Labute approximate surface area is 162 Å². The molecule has 0 bridgehead atoms. The highest BCUT2D eigenvalue weighted by Crippen LogP contribution is 2.29. The summed E-state index contributed by atoms with van der Waals surface area (Å²) in [6, 6.07) is 8.84. The maximum absolute atomic E-state index is 13.0. The van der Waals surface area contributed by atoms with Crippen LogP contribution in [0, 0.1) is 13.8 Å². The molecule has 28 heavy (non-hydrogen) atoms. The van der Waals surface area contributed by atoms with Crippen LogP contribution in [0.3, 0.4) is 0 Å². The van der Waals surface area contributed by atoms with Crippen LogP contribution in [0.5, 0.6) is 0 Å². The first-order valence-electron chi connectivity index (χ1n) is 9.13. The van der Waals surface area contributed by atoms with Crippen molar-refractivity contribution in [1.82, 2.24) is 14.1 Å². The number of hydrogen-bond acceptors (Lipinski definition) is 5. The van der Waals surface area contributed by atoms with Crippen LogP contribution in [0.4, 0.5) is 0 Å². The maximum Gasteiger partial charge on any atom is 0.269 e. The summed E-state index contributed by atoms with van der Waals surface area (Å²) in [4.78, 5) is 29.5. The predicted molar refractivity (Wildman–Crippen MR) is 107 cm³/mol. The van der Waals surface area contributed by atoms with Gasteiger partial charge in [0.2, 0.25) is 0 Å². The Morgan fingerprint density at radius 3 is 2.71 bits per heavy atom. The number of para-hydroxylation sites is 2. The number of ketones is 1. The Balaban J connectivity index is 1.70. The highest BCUT2D eigenvalue weighted by molar-refractivity contribution is 7.91. The fourth-order valence-corrected chi connectivity index (χ4v) is 5.81. The molecule has 8 heteroatoms. The average molecular weight is 399 g/mol. The van der Waals surface area contributed by atoms with Crippen molar-refractivity contribution in [3.8, 4) is 0 Å². The molecule has 0 spiro atoms. The van der Waals surface area contributed by atoms with Crippen molar-refractivity contribution in [2.24, 2.45) is 0 Å². The summed E-state index contributed by atoms with van der Waals surface area (Å²) in [7, 11) is -3.02. The summed E-state index contributed by atoms with van der Waals surface area (Å²) >= 11 is 0. The summed E-state index contributed by atoms with van der Waals surface area (Å²) in [5, 5.41) is 0. The van der Waals surface area contributed by atoms with E-state index in [9.17, 15) is 18.0 Å². The molecule has 0 aliphatic carbocycles. The van der Waals surface area contributed by atoms with E-state index in [0.29, 0.717) is 23.0 Å². The summed E-state index contributed by atoms with van der Waals surface area (Å²) in [6.45, 7) is 3.62. The Kier molecular flexibility index (Phi) is 4.45. The number of aromatic nitrogens is 3. The van der Waals surface area contributed by atoms with E-state index in [1.807, 2.05) is 24.5 Å². The Hall–Kier alpha value is -2.74. The van der Waals surface area contributed by atoms with Crippen LogP contribution in [-0.4, -0.2) is 39.8 Å². The average Bonchev–Trinajstić information content (AvgIpc) is 3.15. The maximum atomic E-state index is 13.0. The van der Waals surface area contributed by atoms with Crippen LogP contribution < -0.4 is 5.56 Å². The molecule has 1 atom stereocenters. The molecule has 1 saturated heterocycles. The van der Waals surface area contributed by atoms with E-state index in [-0.39, 0.29) is 35.4 Å². The minimum atomic E-state index is -3.02. The SMILES string of the molecule is Cc1cc(C(=O)Cn2c(=O)cnc3ccccc32)c(C)n1C1CCS(=O)(=O)C1. The first-order chi connectivity index (χ1) is 13.3. The number of aryl methyl sites for hydroxylation is 1. The zero-order valence-electron chi connectivity index (χ0n) is 15.8. The predicted octanol–water partition coefficient (Wildman–Crippen LogP) is 2.06. The molecular weight excluding hydrogens is 378 g/mol. The van der Waals surface area contributed by atoms with Gasteiger partial charge in [-0.15, -0.1) is 0 Å². The second-order valence-electron chi connectivity index (χ2n) is 7.31. The van der Waals surface area contributed by atoms with Gasteiger partial charge in [0.05, 0.1) is 35.3 Å². The zero-order chi connectivity index (χ0) is 20.1. The molecule has 0 saturated carbocycles. The summed E-state index contributed by atoms with van der Waals surface area (Å²) < 4.78 is 27.1. The van der Waals surface area contributed by atoms with Gasteiger partial charge in [-0.25, -0.2) is 13.4 Å². The van der Waals surface area contributed by atoms with Crippen LogP contribution >= 0.6 is 0 Å². The zero-order valence-corrected chi connectivity index (χ0v) is 16.6. The largest absolute Gasteiger partial charge is 0.344 e. The lowest BCUT2D eigenvalue weighted by molar-refractivity contribution is 0.0971. The number of Topliss-reactive ketones (excluding diaryl/α,β-unsaturated/α-hetero) is 1. The van der Waals surface area contributed by atoms with Crippen LogP contribution in [0.25, 0.3) is 11.0 Å². The number of fused-ring (bicyclic) bond motifs is 1. The van der Waals surface area contributed by atoms with Crippen LogP contribution in [0.15, 0.2) is 41.3 Å². The van der Waals surface area contributed by atoms with Gasteiger partial charge in [-0.05, 0) is 38.5 Å². The van der Waals surface area contributed by atoms with Gasteiger partial charge in [0, 0.05) is 23.0 Å². The highest BCUT2D eigenvalue weighted by atomic mass is 32.2. The van der Waals surface area contributed by atoms with E-state index in [4.69, 9.17) is 0 Å². The number of nitrogens with zero attached hydrogens (tertiary/aromatic N) is 3. The topological polar surface area (TPSA) is 91.0 Å². The third-order valence-corrected chi connectivity index (χ3v) is 7.16. The van der Waals surface area contributed by atoms with Gasteiger partial charge in [0.1, 0.15) is 0 Å². The lowest BCUT2D eigenvalue weighted by Crippen LogP contribution is -2.25. The number of carbonyl (C=O) groups is 1. The second-order valence-corrected chi connectivity index (χ2v) is 9.53. The van der Waals surface area contributed by atoms with Gasteiger partial charge in [-0.2, -0.15) is 0 Å². The van der Waals surface area contributed by atoms with E-state index in [0.717, 1.165) is 11.4 Å². The molecule has 0 N–H and O–H groups in total. The minimum Gasteiger partial charge on any atom is -0.344 e. The van der Waals surface area contributed by atoms with Gasteiger partial charge in [0.25, 0.3) is 5.56 Å². The number of sulfone groups is 1. The summed E-state index contributed by atoms with van der Waals surface area (Å²) in [6.07, 6.45) is 1.78. The Bertz CT molecular complexity index is 1250. The van der Waals surface area contributed by atoms with Crippen molar-refractivity contribution < 1.29 is 13.2 Å². The molecule has 2 aromatic heterocycles. The van der Waals surface area contributed by atoms with E-state index in [1.165, 1.54) is 10.8 Å². The Morgan fingerprint density at radius 1 is 1.25 bits per heavy atom. The van der Waals surface area contributed by atoms with E-state index < -0.39 is 9.84 Å². The van der Waals surface area contributed by atoms with Gasteiger partial charge < -0.3 is 4.57 Å². The summed E-state index contributed by atoms with van der Waals surface area (Å²) in [5.74, 6) is 0.0978. The van der Waals surface area contributed by atoms with Gasteiger partial charge in [0.15, 0.2) is 15.6 Å². The lowest BCUT2D eigenvalue weighted by Gasteiger charge is -2.16. The molecular formula is C20H21N3O4S. The van der Waals surface area contributed by atoms with Crippen molar-refractivity contribution in [1.29, 1.82) is 0 Å². The molecule has 146 valence electrons. The molecule has 7 nitrogen and oxygen atoms in total. The smallest absolute Gasteiger partial charge is 0.269 e. The number of hydrogen-bond donors (Lipinski definition) is 0. The quantitative estimate of drug-likeness (QED) is 0.626. The van der Waals surface area contributed by atoms with Crippen LogP contribution in [0.2, 0.25) is 0 Å². The highest BCUT2D eigenvalue weighted by Gasteiger charge is 2.31. The third-order valence-electron chi connectivity index (χ3n) is 5.41. The second kappa shape index (κ2) is 6.70. The number of carbonyl (C=O) groups excluding carboxylic acids is 1. The van der Waals surface area contributed by atoms with E-state index in [2.05, 4.69) is 4.98 Å². The molecule has 4 rings (SSSR count). The van der Waals surface area contributed by atoms with Crippen LogP contribution in [0.1, 0.15) is 34.2 Å². The van der Waals surface area contributed by atoms with Gasteiger partial charge >= 0.3 is 0 Å². The third kappa shape index (κ3) is 3.17. The molecule has 0 radical (unpaired) electrons. The normalized spacial score (nSPS) is 18.6. The molecule has 1 fully saturated rings. The van der Waals surface area contributed by atoms with Crippen molar-refractivity contribution in [2.45, 2.75) is 32.9 Å². The molecule has 1 aromatic carbocycles. The number of rotatable bonds is 4. The molecule has 3 aromatic rings. The van der Waals surface area contributed by atoms with Crippen molar-refractivity contribution in [3.63, 3.8) is 0 Å². The van der Waals surface area contributed by atoms with Crippen LogP contribution in [-0.2, 0) is 16.4 Å². The van der Waals surface area contributed by atoms with E-state index >= 15 is 0 Å². The van der Waals surface area contributed by atoms with Gasteiger partial charge in [-0.3, -0.25) is 14.2 Å². The first-order valence-corrected chi connectivity index (χ1v) is 11.0. The lowest BCUT2D eigenvalue weighted by atomic mass is 10.1. The standard InChI is InChI=1S/C20H21N3O4S/c1-13-9-16(14(2)23(13)15-7-8-28(26,27)12-15)19(24)11-22-18-6-4-3-5-17(18)21-10-20(22)25/h3-6,9-10,15H,7-8,11-12H2,1-2H3. The number of benzene rings is 1. The van der Waals surface area contributed by atoms with Gasteiger partial charge in [-0.1, -0.05) is 12.1 Å². The Morgan fingerprint density at radius 2 is 2.00 bits per heavy atom. The van der Waals surface area contributed by atoms with Crippen molar-refractivity contribution in [3.05, 3.63) is 63.8 Å². The minimum absolute atomic E-state index is 0.0882. The monoisotopic (exact) mass is 399 g/mol. The molecule has 1 unspecified atom stereocenters. The van der Waals surface area contributed by atoms with Crippen molar-refractivity contribution >= 4 is 26.7 Å². The summed E-state index contributed by atoms with van der Waals surface area (Å²) in [5.41, 5.74) is 3.05. The van der Waals surface area contributed by atoms with E-state index in [1.54, 1.807) is 24.3 Å². The molecule has 1 aliphatic heterocycles. The van der Waals surface area contributed by atoms with Crippen molar-refractivity contribution in [2.75, 3.05) is 11.5 Å².